The Labute approximate surface area is 174 Å². The van der Waals surface area contributed by atoms with Crippen molar-refractivity contribution in [2.75, 3.05) is 26.2 Å². The number of amides is 1. The predicted molar refractivity (Wildman–Crippen MR) is 111 cm³/mol. The molecule has 1 aliphatic heterocycles. The van der Waals surface area contributed by atoms with Crippen LogP contribution in [0, 0.1) is 5.82 Å². The molecule has 4 rings (SSSR count). The zero-order valence-corrected chi connectivity index (χ0v) is 17.0. The minimum Gasteiger partial charge on any atom is -0.336 e. The molecular formula is C22H27FN4O3. The Bertz CT molecular complexity index is 1020. The highest BCUT2D eigenvalue weighted by molar-refractivity contribution is 5.93. The minimum absolute atomic E-state index is 0.0861. The van der Waals surface area contributed by atoms with Gasteiger partial charge in [0, 0.05) is 44.0 Å². The van der Waals surface area contributed by atoms with E-state index in [9.17, 15) is 18.8 Å². The SMILES string of the molecule is O=C(c1c[nH]c(=O)n(Cc2ccccc2F)c1=O)N1CCN(C2CCCCC2)CC1. The van der Waals surface area contributed by atoms with Crippen molar-refractivity contribution in [3.05, 3.63) is 68.2 Å². The second-order valence-electron chi connectivity index (χ2n) is 8.11. The molecule has 0 bridgehead atoms. The van der Waals surface area contributed by atoms with E-state index in [4.69, 9.17) is 0 Å². The fourth-order valence-corrected chi connectivity index (χ4v) is 4.51. The number of carbonyl (C=O) groups excluding carboxylic acids is 1. The molecule has 2 aromatic rings. The van der Waals surface area contributed by atoms with Gasteiger partial charge in [-0.15, -0.1) is 0 Å². The summed E-state index contributed by atoms with van der Waals surface area (Å²) in [6.45, 7) is 2.48. The Balaban J connectivity index is 1.49. The molecule has 0 atom stereocenters. The van der Waals surface area contributed by atoms with E-state index in [0.29, 0.717) is 19.1 Å². The molecule has 2 fully saturated rings. The second kappa shape index (κ2) is 8.95. The van der Waals surface area contributed by atoms with Gasteiger partial charge in [0.15, 0.2) is 0 Å². The van der Waals surface area contributed by atoms with Crippen LogP contribution in [0.1, 0.15) is 48.0 Å². The maximum absolute atomic E-state index is 14.0. The number of nitrogens with zero attached hydrogens (tertiary/aromatic N) is 3. The average Bonchev–Trinajstić information content (AvgIpc) is 2.78. The van der Waals surface area contributed by atoms with Gasteiger partial charge in [0.2, 0.25) is 0 Å². The Morgan fingerprint density at radius 2 is 1.73 bits per heavy atom. The van der Waals surface area contributed by atoms with Gasteiger partial charge in [-0.2, -0.15) is 0 Å². The van der Waals surface area contributed by atoms with E-state index in [1.54, 1.807) is 17.0 Å². The average molecular weight is 414 g/mol. The summed E-state index contributed by atoms with van der Waals surface area (Å²) in [6, 6.07) is 6.56. The highest BCUT2D eigenvalue weighted by Gasteiger charge is 2.29. The standard InChI is InChI=1S/C22H27FN4O3/c23-19-9-5-4-6-16(19)15-27-21(29)18(14-24-22(27)30)20(28)26-12-10-25(11-13-26)17-7-2-1-3-8-17/h4-6,9,14,17H,1-3,7-8,10-13,15H2,(H,24,30). The topological polar surface area (TPSA) is 78.4 Å². The maximum Gasteiger partial charge on any atom is 0.328 e. The number of hydrogen-bond acceptors (Lipinski definition) is 4. The monoisotopic (exact) mass is 414 g/mol. The van der Waals surface area contributed by atoms with Gasteiger partial charge in [0.05, 0.1) is 6.54 Å². The van der Waals surface area contributed by atoms with Gasteiger partial charge in [-0.25, -0.2) is 9.18 Å². The molecule has 1 amide bonds. The lowest BCUT2D eigenvalue weighted by atomic mass is 9.94. The zero-order valence-electron chi connectivity index (χ0n) is 17.0. The van der Waals surface area contributed by atoms with Gasteiger partial charge < -0.3 is 9.88 Å². The quantitative estimate of drug-likeness (QED) is 0.828. The van der Waals surface area contributed by atoms with Crippen molar-refractivity contribution in [3.63, 3.8) is 0 Å². The Kier molecular flexibility index (Phi) is 6.13. The third-order valence-corrected chi connectivity index (χ3v) is 6.27. The number of H-pyrrole nitrogens is 1. The number of hydrogen-bond donors (Lipinski definition) is 1. The van der Waals surface area contributed by atoms with Crippen LogP contribution in [-0.4, -0.2) is 57.5 Å². The van der Waals surface area contributed by atoms with E-state index in [0.717, 1.165) is 17.7 Å². The number of halogens is 1. The van der Waals surface area contributed by atoms with Crippen molar-refractivity contribution in [2.24, 2.45) is 0 Å². The predicted octanol–water partition coefficient (Wildman–Crippen LogP) is 1.81. The van der Waals surface area contributed by atoms with E-state index < -0.39 is 17.1 Å². The molecule has 30 heavy (non-hydrogen) atoms. The third-order valence-electron chi connectivity index (χ3n) is 6.27. The molecular weight excluding hydrogens is 387 g/mol. The number of rotatable bonds is 4. The van der Waals surface area contributed by atoms with Crippen LogP contribution in [0.15, 0.2) is 40.1 Å². The van der Waals surface area contributed by atoms with Crippen molar-refractivity contribution in [3.8, 4) is 0 Å². The van der Waals surface area contributed by atoms with Crippen molar-refractivity contribution in [2.45, 2.75) is 44.7 Å². The van der Waals surface area contributed by atoms with Crippen LogP contribution >= 0.6 is 0 Å². The Morgan fingerprint density at radius 3 is 2.43 bits per heavy atom. The molecule has 1 aliphatic carbocycles. The van der Waals surface area contributed by atoms with Crippen molar-refractivity contribution in [1.29, 1.82) is 0 Å². The summed E-state index contributed by atoms with van der Waals surface area (Å²) in [5.41, 5.74) is -1.23. The van der Waals surface area contributed by atoms with E-state index in [1.165, 1.54) is 50.4 Å². The van der Waals surface area contributed by atoms with Crippen LogP contribution in [0.25, 0.3) is 0 Å². The Morgan fingerprint density at radius 1 is 1.03 bits per heavy atom. The maximum atomic E-state index is 14.0. The molecule has 160 valence electrons. The summed E-state index contributed by atoms with van der Waals surface area (Å²) in [4.78, 5) is 44.6. The van der Waals surface area contributed by atoms with Gasteiger partial charge in [-0.05, 0) is 18.9 Å². The molecule has 1 aromatic carbocycles. The van der Waals surface area contributed by atoms with Gasteiger partial charge >= 0.3 is 5.69 Å². The molecule has 1 aromatic heterocycles. The van der Waals surface area contributed by atoms with Crippen molar-refractivity contribution < 1.29 is 9.18 Å². The Hall–Kier alpha value is -2.74. The normalized spacial score (nSPS) is 18.5. The highest BCUT2D eigenvalue weighted by Crippen LogP contribution is 2.23. The first-order valence-corrected chi connectivity index (χ1v) is 10.6. The molecule has 0 spiro atoms. The van der Waals surface area contributed by atoms with Gasteiger partial charge in [0.1, 0.15) is 11.4 Å². The third kappa shape index (κ3) is 4.23. The summed E-state index contributed by atoms with van der Waals surface area (Å²) in [7, 11) is 0. The van der Waals surface area contributed by atoms with Crippen molar-refractivity contribution in [1.82, 2.24) is 19.4 Å². The van der Waals surface area contributed by atoms with E-state index in [1.807, 2.05) is 0 Å². The number of carbonyl (C=O) groups is 1. The fraction of sp³-hybridized carbons (Fsp3) is 0.500. The van der Waals surface area contributed by atoms with Gasteiger partial charge in [-0.1, -0.05) is 37.5 Å². The fourth-order valence-electron chi connectivity index (χ4n) is 4.51. The van der Waals surface area contributed by atoms with Crippen LogP contribution in [0.3, 0.4) is 0 Å². The van der Waals surface area contributed by atoms with E-state index in [-0.39, 0.29) is 23.6 Å². The molecule has 0 radical (unpaired) electrons. The first kappa shape index (κ1) is 20.5. The zero-order chi connectivity index (χ0) is 21.1. The summed E-state index contributed by atoms with van der Waals surface area (Å²) in [5, 5.41) is 0. The minimum atomic E-state index is -0.693. The van der Waals surface area contributed by atoms with E-state index in [2.05, 4.69) is 9.88 Å². The lowest BCUT2D eigenvalue weighted by Crippen LogP contribution is -2.53. The summed E-state index contributed by atoms with van der Waals surface area (Å²) < 4.78 is 14.9. The van der Waals surface area contributed by atoms with Crippen LogP contribution in [0.4, 0.5) is 4.39 Å². The largest absolute Gasteiger partial charge is 0.336 e. The molecule has 0 unspecified atom stereocenters. The summed E-state index contributed by atoms with van der Waals surface area (Å²) in [5.74, 6) is -0.888. The lowest BCUT2D eigenvalue weighted by molar-refractivity contribution is 0.0520. The summed E-state index contributed by atoms with van der Waals surface area (Å²) >= 11 is 0. The van der Waals surface area contributed by atoms with Crippen LogP contribution in [0.2, 0.25) is 0 Å². The summed E-state index contributed by atoms with van der Waals surface area (Å²) in [6.07, 6.45) is 7.45. The lowest BCUT2D eigenvalue weighted by Gasteiger charge is -2.40. The molecule has 1 N–H and O–H groups in total. The van der Waals surface area contributed by atoms with Crippen LogP contribution in [-0.2, 0) is 6.54 Å². The molecule has 2 heterocycles. The van der Waals surface area contributed by atoms with Crippen LogP contribution in [0.5, 0.6) is 0 Å². The number of benzene rings is 1. The molecule has 1 saturated carbocycles. The number of aromatic nitrogens is 2. The van der Waals surface area contributed by atoms with Gasteiger partial charge in [0.25, 0.3) is 11.5 Å². The number of nitrogens with one attached hydrogen (secondary N) is 1. The van der Waals surface area contributed by atoms with Crippen LogP contribution < -0.4 is 11.2 Å². The van der Waals surface area contributed by atoms with Crippen molar-refractivity contribution >= 4 is 5.91 Å². The van der Waals surface area contributed by atoms with Gasteiger partial charge in [-0.3, -0.25) is 19.1 Å². The first-order chi connectivity index (χ1) is 14.5. The number of aromatic amines is 1. The van der Waals surface area contributed by atoms with E-state index >= 15 is 0 Å². The molecule has 8 heteroatoms. The number of piperazine rings is 1. The molecule has 7 nitrogen and oxygen atoms in total. The smallest absolute Gasteiger partial charge is 0.328 e. The first-order valence-electron chi connectivity index (χ1n) is 10.6. The molecule has 2 aliphatic rings. The highest BCUT2D eigenvalue weighted by atomic mass is 19.1. The second-order valence-corrected chi connectivity index (χ2v) is 8.11. The molecule has 1 saturated heterocycles.